The molecule has 0 aliphatic heterocycles. The number of hydrogen-bond donors (Lipinski definition) is 1. The third-order valence-corrected chi connectivity index (χ3v) is 2.67. The molecule has 1 atom stereocenters. The van der Waals surface area contributed by atoms with Crippen molar-refractivity contribution in [2.24, 2.45) is 0 Å². The minimum atomic E-state index is -0.888. The van der Waals surface area contributed by atoms with Crippen molar-refractivity contribution in [2.75, 3.05) is 6.26 Å². The summed E-state index contributed by atoms with van der Waals surface area (Å²) < 4.78 is 0. The van der Waals surface area contributed by atoms with E-state index in [9.17, 15) is 4.79 Å². The number of benzene rings is 1. The van der Waals surface area contributed by atoms with Crippen molar-refractivity contribution in [3.8, 4) is 0 Å². The Morgan fingerprint density at radius 1 is 1.24 bits per heavy atom. The van der Waals surface area contributed by atoms with Gasteiger partial charge >= 0.3 is 27.0 Å². The largest absolute Gasteiger partial charge is 2.00 e. The molecule has 2 nitrogen and oxygen atoms in total. The second-order valence-electron chi connectivity index (χ2n) is 2.23. The maximum atomic E-state index is 10.6. The molecule has 1 N–H and O–H groups in total. The number of aliphatic carboxylic acids is 1. The quantitative estimate of drug-likeness (QED) is 0.554. The van der Waals surface area contributed by atoms with Gasteiger partial charge in [-0.1, -0.05) is 44.2 Å². The molecule has 0 aliphatic carbocycles. The van der Waals surface area contributed by atoms with Crippen LogP contribution < -0.4 is 0 Å². The normalized spacial score (nSPS) is 9.47. The summed E-state index contributed by atoms with van der Waals surface area (Å²) in [5.74, 6) is -0.888. The molecule has 17 heavy (non-hydrogen) atoms. The van der Waals surface area contributed by atoms with Crippen molar-refractivity contribution in [1.29, 1.82) is 0 Å². The van der Waals surface area contributed by atoms with Gasteiger partial charge in [-0.3, -0.25) is 4.79 Å². The van der Waals surface area contributed by atoms with Gasteiger partial charge in [-0.2, -0.15) is 6.26 Å². The molecule has 1 unspecified atom stereocenters. The molecule has 0 aromatic heterocycles. The Morgan fingerprint density at radius 2 is 1.65 bits per heavy atom. The minimum absolute atomic E-state index is 0. The monoisotopic (exact) mass is 460 g/mol. The van der Waals surface area contributed by atoms with Crippen LogP contribution >= 0.6 is 10.8 Å². The third-order valence-electron chi connectivity index (χ3n) is 1.42. The van der Waals surface area contributed by atoms with Crippen LogP contribution in [0.2, 0.25) is 0 Å². The molecule has 0 fully saturated rings. The fourth-order valence-corrected chi connectivity index (χ4v) is 1.80. The van der Waals surface area contributed by atoms with Crippen molar-refractivity contribution in [3.63, 3.8) is 0 Å². The molecule has 6 heteroatoms. The average molecular weight is 460 g/mol. The van der Waals surface area contributed by atoms with E-state index in [0.717, 1.165) is 16.4 Å². The van der Waals surface area contributed by atoms with E-state index in [2.05, 4.69) is 24.3 Å². The topological polar surface area (TPSA) is 37.3 Å². The summed E-state index contributed by atoms with van der Waals surface area (Å²) in [5.41, 5.74) is 0.741. The molecule has 1 rings (SSSR count). The average Bonchev–Trinajstić information content (AvgIpc) is 2.36. The predicted octanol–water partition coefficient (Wildman–Crippen LogP) is 3.19. The van der Waals surface area contributed by atoms with Crippen molar-refractivity contribution in [2.45, 2.75) is 19.1 Å². The van der Waals surface area contributed by atoms with Crippen molar-refractivity contribution < 1.29 is 31.0 Å². The smallest absolute Gasteiger partial charge is 0.796 e. The summed E-state index contributed by atoms with van der Waals surface area (Å²) in [4.78, 5) is 10.6. The maximum Gasteiger partial charge on any atom is 2.00 e. The summed E-state index contributed by atoms with van der Waals surface area (Å²) >= 11 is 8.75. The van der Waals surface area contributed by atoms with Crippen LogP contribution in [-0.4, -0.2) is 17.3 Å². The summed E-state index contributed by atoms with van der Waals surface area (Å²) in [6.45, 7) is 4.00. The summed E-state index contributed by atoms with van der Waals surface area (Å²) in [5, 5.41) is 8.12. The second-order valence-corrected chi connectivity index (χ2v) is 3.47. The van der Waals surface area contributed by atoms with Crippen LogP contribution in [0.5, 0.6) is 0 Å². The number of rotatable bonds is 3. The Hall–Kier alpha value is 0.428. The molecule has 0 heterocycles. The van der Waals surface area contributed by atoms with Crippen LogP contribution in [0.15, 0.2) is 30.3 Å². The number of carboxylic acids is 1. The zero-order valence-electron chi connectivity index (χ0n) is 9.95. The summed E-state index contributed by atoms with van der Waals surface area (Å²) in [6, 6.07) is 8.97. The van der Waals surface area contributed by atoms with Crippen molar-refractivity contribution in [1.82, 2.24) is 0 Å². The van der Waals surface area contributed by atoms with Gasteiger partial charge in [-0.15, -0.1) is 0 Å². The third kappa shape index (κ3) is 10.1. The first-order valence-electron chi connectivity index (χ1n) is 4.73. The standard InChI is InChI=1S/C8H8O2S2.C2H6.CH4S.W/c9-8(10)7(12-11)6-4-2-1-3-5-6;2*1-2;/h1-5,7,11H,(H,9,10);1-2H3;2H,1H3;/q;;;+2/p-2. The maximum absolute atomic E-state index is 10.6. The number of hydrogen-bond acceptors (Lipinski definition) is 4. The molecule has 1 aromatic carbocycles. The molecule has 1 aromatic rings. The van der Waals surface area contributed by atoms with Gasteiger partial charge < -0.3 is 40.2 Å². The summed E-state index contributed by atoms with van der Waals surface area (Å²) in [7, 11) is 0.915. The van der Waals surface area contributed by atoms with Crippen molar-refractivity contribution in [3.05, 3.63) is 35.9 Å². The summed E-state index contributed by atoms with van der Waals surface area (Å²) in [6.07, 6.45) is 1.58. The van der Waals surface area contributed by atoms with Gasteiger partial charge in [0.1, 0.15) is 5.25 Å². The molecule has 0 saturated heterocycles. The molecule has 0 aliphatic rings. The van der Waals surface area contributed by atoms with E-state index >= 15 is 0 Å². The Morgan fingerprint density at radius 3 is 1.94 bits per heavy atom. The van der Waals surface area contributed by atoms with Crippen LogP contribution in [0, 0.1) is 0 Å². The van der Waals surface area contributed by atoms with E-state index in [1.807, 2.05) is 19.9 Å². The van der Waals surface area contributed by atoms with Crippen molar-refractivity contribution >= 4 is 41.1 Å². The van der Waals surface area contributed by atoms with Crippen LogP contribution in [0.3, 0.4) is 0 Å². The SMILES string of the molecule is CC.C[S-].O=C(O)C(S[S-])c1ccccc1.[W+2]. The second kappa shape index (κ2) is 16.4. The van der Waals surface area contributed by atoms with Gasteiger partial charge in [-0.05, 0) is 5.56 Å². The molecule has 0 spiro atoms. The van der Waals surface area contributed by atoms with Gasteiger partial charge in [-0.25, -0.2) is 0 Å². The van der Waals surface area contributed by atoms with Crippen LogP contribution in [0.1, 0.15) is 24.7 Å². The van der Waals surface area contributed by atoms with Gasteiger partial charge in [0.05, 0.1) is 0 Å². The van der Waals surface area contributed by atoms with E-state index in [4.69, 9.17) is 5.11 Å². The first-order valence-corrected chi connectivity index (χ1v) is 7.35. The molecule has 0 radical (unpaired) electrons. The molecule has 0 bridgehead atoms. The van der Waals surface area contributed by atoms with E-state index in [0.29, 0.717) is 0 Å². The van der Waals surface area contributed by atoms with E-state index in [1.54, 1.807) is 30.5 Å². The van der Waals surface area contributed by atoms with E-state index in [1.165, 1.54) is 0 Å². The fourth-order valence-electron chi connectivity index (χ4n) is 0.867. The van der Waals surface area contributed by atoms with Gasteiger partial charge in [0, 0.05) is 0 Å². The van der Waals surface area contributed by atoms with E-state index < -0.39 is 11.2 Å². The Bertz CT molecular complexity index is 271. The molecule has 96 valence electrons. The molecule has 0 saturated carbocycles. The van der Waals surface area contributed by atoms with E-state index in [-0.39, 0.29) is 21.1 Å². The van der Waals surface area contributed by atoms with Gasteiger partial charge in [0.25, 0.3) is 0 Å². The number of carbonyl (C=O) groups is 1. The Balaban J connectivity index is -0.000000355. The predicted molar refractivity (Wildman–Crippen MR) is 76.4 cm³/mol. The Kier molecular flexibility index (Phi) is 21.8. The molecular formula is C11H16O2S3W. The molecule has 0 amide bonds. The first kappa shape index (κ1) is 22.6. The van der Waals surface area contributed by atoms with Gasteiger partial charge in [0.2, 0.25) is 0 Å². The first-order chi connectivity index (χ1) is 7.75. The Labute approximate surface area is 132 Å². The van der Waals surface area contributed by atoms with Crippen LogP contribution in [0.25, 0.3) is 0 Å². The van der Waals surface area contributed by atoms with Gasteiger partial charge in [0.15, 0.2) is 0 Å². The minimum Gasteiger partial charge on any atom is -0.796 e. The molecular weight excluding hydrogens is 444 g/mol. The zero-order chi connectivity index (χ0) is 13.0. The zero-order valence-corrected chi connectivity index (χ0v) is 15.3. The van der Waals surface area contributed by atoms with Crippen LogP contribution in [0.4, 0.5) is 0 Å². The number of carboxylic acid groups (broad SMARTS) is 1. The fraction of sp³-hybridized carbons (Fsp3) is 0.364. The van der Waals surface area contributed by atoms with Crippen LogP contribution in [-0.2, 0) is 50.1 Å².